The summed E-state index contributed by atoms with van der Waals surface area (Å²) in [5, 5.41) is 7.94. The Morgan fingerprint density at radius 3 is 2.43 bits per heavy atom. The van der Waals surface area contributed by atoms with Crippen LogP contribution in [0.25, 0.3) is 10.9 Å². The number of urea groups is 1. The maximum absolute atomic E-state index is 12.9. The molecule has 2 aromatic heterocycles. The van der Waals surface area contributed by atoms with Crippen LogP contribution >= 0.6 is 0 Å². The van der Waals surface area contributed by atoms with E-state index in [9.17, 15) is 9.59 Å². The van der Waals surface area contributed by atoms with Crippen LogP contribution < -0.4 is 5.32 Å². The molecule has 4 aromatic rings. The lowest BCUT2D eigenvalue weighted by atomic mass is 10.1. The number of carbonyl (C=O) groups is 2. The monoisotopic (exact) mass is 472 g/mol. The highest BCUT2D eigenvalue weighted by Crippen LogP contribution is 2.18. The molecule has 9 nitrogen and oxygen atoms in total. The Morgan fingerprint density at radius 1 is 1.03 bits per heavy atom. The van der Waals surface area contributed by atoms with Crippen LogP contribution in [0, 0.1) is 0 Å². The third-order valence-corrected chi connectivity index (χ3v) is 6.18. The molecule has 0 aliphatic carbocycles. The van der Waals surface area contributed by atoms with E-state index in [-0.39, 0.29) is 17.9 Å². The molecule has 0 atom stereocenters. The Balaban J connectivity index is 1.13. The third kappa shape index (κ3) is 5.03. The Labute approximate surface area is 203 Å². The number of nitrogens with zero attached hydrogens (tertiary/aromatic N) is 4. The largest absolute Gasteiger partial charge is 0.351 e. The SMILES string of the molecule is CC(C)c1noc(Cc2ccc(NC(=O)N3CCN(C(=O)c4cc5ccccc5[nH]4)CC3)cc2)n1. The third-order valence-electron chi connectivity index (χ3n) is 6.18. The van der Waals surface area contributed by atoms with Crippen molar-refractivity contribution in [2.24, 2.45) is 0 Å². The van der Waals surface area contributed by atoms with Crippen LogP contribution in [-0.2, 0) is 6.42 Å². The van der Waals surface area contributed by atoms with Gasteiger partial charge in [0.15, 0.2) is 5.82 Å². The van der Waals surface area contributed by atoms with Crippen LogP contribution in [-0.4, -0.2) is 63.0 Å². The summed E-state index contributed by atoms with van der Waals surface area (Å²) in [4.78, 5) is 36.7. The molecule has 0 bridgehead atoms. The van der Waals surface area contributed by atoms with Gasteiger partial charge in [0.1, 0.15) is 5.69 Å². The standard InChI is InChI=1S/C26H28N6O3/c1-17(2)24-29-23(35-30-24)15-18-7-9-20(10-8-18)27-26(34)32-13-11-31(12-14-32)25(33)22-16-19-5-3-4-6-21(19)28-22/h3-10,16-17,28H,11-15H2,1-2H3,(H,27,34). The van der Waals surface area contributed by atoms with Crippen molar-refractivity contribution in [2.75, 3.05) is 31.5 Å². The van der Waals surface area contributed by atoms with Crippen molar-refractivity contribution in [3.63, 3.8) is 0 Å². The van der Waals surface area contributed by atoms with Crippen LogP contribution in [0.4, 0.5) is 10.5 Å². The first-order chi connectivity index (χ1) is 17.0. The average molecular weight is 473 g/mol. The summed E-state index contributed by atoms with van der Waals surface area (Å²) in [7, 11) is 0. The maximum Gasteiger partial charge on any atom is 0.321 e. The van der Waals surface area contributed by atoms with Crippen molar-refractivity contribution in [1.29, 1.82) is 0 Å². The number of aromatic amines is 1. The zero-order valence-electron chi connectivity index (χ0n) is 19.8. The van der Waals surface area contributed by atoms with Gasteiger partial charge in [0.2, 0.25) is 5.89 Å². The highest BCUT2D eigenvalue weighted by Gasteiger charge is 2.25. The lowest BCUT2D eigenvalue weighted by Gasteiger charge is -2.34. The quantitative estimate of drug-likeness (QED) is 0.451. The fraction of sp³-hybridized carbons (Fsp3) is 0.308. The van der Waals surface area contributed by atoms with Gasteiger partial charge in [-0.2, -0.15) is 4.98 Å². The smallest absolute Gasteiger partial charge is 0.321 e. The molecular formula is C26H28N6O3. The van der Waals surface area contributed by atoms with Gasteiger partial charge in [0, 0.05) is 48.7 Å². The number of anilines is 1. The number of hydrogen-bond acceptors (Lipinski definition) is 5. The Kier molecular flexibility index (Phi) is 6.22. The van der Waals surface area contributed by atoms with Gasteiger partial charge in [-0.1, -0.05) is 49.3 Å². The zero-order chi connectivity index (χ0) is 24.4. The fourth-order valence-electron chi connectivity index (χ4n) is 4.13. The van der Waals surface area contributed by atoms with E-state index >= 15 is 0 Å². The minimum Gasteiger partial charge on any atom is -0.351 e. The summed E-state index contributed by atoms with van der Waals surface area (Å²) in [5.41, 5.74) is 3.25. The van der Waals surface area contributed by atoms with E-state index in [0.717, 1.165) is 16.5 Å². The number of aromatic nitrogens is 3. The molecule has 1 aliphatic rings. The number of carbonyl (C=O) groups excluding carboxylic acids is 2. The summed E-state index contributed by atoms with van der Waals surface area (Å²) >= 11 is 0. The van der Waals surface area contributed by atoms with Crippen molar-refractivity contribution in [3.05, 3.63) is 77.6 Å². The second-order valence-corrected chi connectivity index (χ2v) is 9.05. The molecule has 3 heterocycles. The summed E-state index contributed by atoms with van der Waals surface area (Å²) < 4.78 is 5.31. The van der Waals surface area contributed by atoms with Gasteiger partial charge in [-0.05, 0) is 29.8 Å². The molecule has 1 saturated heterocycles. The molecule has 3 amide bonds. The molecule has 0 unspecified atom stereocenters. The van der Waals surface area contributed by atoms with Crippen LogP contribution in [0.15, 0.2) is 59.1 Å². The molecule has 1 aliphatic heterocycles. The van der Waals surface area contributed by atoms with Crippen LogP contribution in [0.1, 0.15) is 47.5 Å². The molecule has 35 heavy (non-hydrogen) atoms. The molecule has 0 saturated carbocycles. The Morgan fingerprint density at radius 2 is 1.74 bits per heavy atom. The molecular weight excluding hydrogens is 444 g/mol. The maximum atomic E-state index is 12.9. The van der Waals surface area contributed by atoms with E-state index in [4.69, 9.17) is 4.52 Å². The number of H-pyrrole nitrogens is 1. The van der Waals surface area contributed by atoms with Gasteiger partial charge < -0.3 is 24.6 Å². The fourth-order valence-corrected chi connectivity index (χ4v) is 4.13. The Bertz CT molecular complexity index is 1300. The molecule has 180 valence electrons. The molecule has 2 N–H and O–H groups in total. The normalized spacial score (nSPS) is 14.0. The second-order valence-electron chi connectivity index (χ2n) is 9.05. The lowest BCUT2D eigenvalue weighted by Crippen LogP contribution is -2.51. The predicted molar refractivity (Wildman–Crippen MR) is 132 cm³/mol. The first-order valence-corrected chi connectivity index (χ1v) is 11.8. The van der Waals surface area contributed by atoms with Crippen LogP contribution in [0.2, 0.25) is 0 Å². The Hall–Kier alpha value is -4.14. The minimum absolute atomic E-state index is 0.0430. The number of para-hydroxylation sites is 1. The van der Waals surface area contributed by atoms with E-state index in [2.05, 4.69) is 20.4 Å². The number of rotatable bonds is 5. The van der Waals surface area contributed by atoms with E-state index < -0.39 is 0 Å². The number of amides is 3. The lowest BCUT2D eigenvalue weighted by molar-refractivity contribution is 0.0667. The summed E-state index contributed by atoms with van der Waals surface area (Å²) in [5.74, 6) is 1.45. The number of benzene rings is 2. The molecule has 0 spiro atoms. The van der Waals surface area contributed by atoms with Crippen molar-refractivity contribution < 1.29 is 14.1 Å². The number of fused-ring (bicyclic) bond motifs is 1. The van der Waals surface area contributed by atoms with Crippen molar-refractivity contribution in [1.82, 2.24) is 24.9 Å². The average Bonchev–Trinajstić information content (AvgIpc) is 3.52. The van der Waals surface area contributed by atoms with Gasteiger partial charge in [-0.15, -0.1) is 0 Å². The van der Waals surface area contributed by atoms with E-state index in [1.807, 2.05) is 68.4 Å². The zero-order valence-corrected chi connectivity index (χ0v) is 19.8. The summed E-state index contributed by atoms with van der Waals surface area (Å²) in [6.07, 6.45) is 0.542. The number of hydrogen-bond donors (Lipinski definition) is 2. The van der Waals surface area contributed by atoms with Gasteiger partial charge in [0.05, 0.1) is 6.42 Å². The highest BCUT2D eigenvalue weighted by molar-refractivity contribution is 5.98. The summed E-state index contributed by atoms with van der Waals surface area (Å²) in [6.45, 7) is 5.98. The predicted octanol–water partition coefficient (Wildman–Crippen LogP) is 4.26. The van der Waals surface area contributed by atoms with E-state index in [1.165, 1.54) is 0 Å². The molecule has 2 aromatic carbocycles. The topological polar surface area (TPSA) is 107 Å². The van der Waals surface area contributed by atoms with Crippen molar-refractivity contribution in [2.45, 2.75) is 26.2 Å². The first-order valence-electron chi connectivity index (χ1n) is 11.8. The van der Waals surface area contributed by atoms with Gasteiger partial charge in [-0.3, -0.25) is 4.79 Å². The van der Waals surface area contributed by atoms with Gasteiger partial charge >= 0.3 is 6.03 Å². The van der Waals surface area contributed by atoms with Gasteiger partial charge in [0.25, 0.3) is 5.91 Å². The van der Waals surface area contributed by atoms with Crippen LogP contribution in [0.3, 0.4) is 0 Å². The van der Waals surface area contributed by atoms with Gasteiger partial charge in [-0.25, -0.2) is 4.79 Å². The number of nitrogens with one attached hydrogen (secondary N) is 2. The highest BCUT2D eigenvalue weighted by atomic mass is 16.5. The van der Waals surface area contributed by atoms with E-state index in [1.54, 1.807) is 9.80 Å². The minimum atomic E-state index is -0.172. The molecule has 1 fully saturated rings. The molecule has 9 heteroatoms. The second kappa shape index (κ2) is 9.61. The summed E-state index contributed by atoms with van der Waals surface area (Å²) in [6, 6.07) is 17.1. The first kappa shape index (κ1) is 22.6. The van der Waals surface area contributed by atoms with Crippen molar-refractivity contribution in [3.8, 4) is 0 Å². The van der Waals surface area contributed by atoms with Crippen molar-refractivity contribution >= 4 is 28.5 Å². The van der Waals surface area contributed by atoms with Crippen LogP contribution in [0.5, 0.6) is 0 Å². The van der Waals surface area contributed by atoms with E-state index in [0.29, 0.717) is 55.7 Å². The molecule has 5 rings (SSSR count). The number of piperazine rings is 1. The molecule has 0 radical (unpaired) electrons.